The molecule has 0 aliphatic carbocycles. The second-order valence-corrected chi connectivity index (χ2v) is 13.1. The van der Waals surface area contributed by atoms with Crippen LogP contribution in [0.5, 0.6) is 5.75 Å². The van der Waals surface area contributed by atoms with E-state index in [1.165, 1.54) is 16.7 Å². The Kier molecular flexibility index (Phi) is 7.94. The van der Waals surface area contributed by atoms with Crippen LogP contribution < -0.4 is 4.74 Å². The Balaban J connectivity index is 1.19. The first-order chi connectivity index (χ1) is 25.6. The van der Waals surface area contributed by atoms with Gasteiger partial charge in [0.25, 0.3) is 0 Å². The minimum Gasteiger partial charge on any atom is -0.488 e. The fourth-order valence-electron chi connectivity index (χ4n) is 7.12. The summed E-state index contributed by atoms with van der Waals surface area (Å²) in [6.07, 6.45) is 0. The average Bonchev–Trinajstić information content (AvgIpc) is 3.20. The lowest BCUT2D eigenvalue weighted by Gasteiger charge is -2.21. The van der Waals surface area contributed by atoms with Crippen molar-refractivity contribution in [1.82, 2.24) is 19.9 Å². The summed E-state index contributed by atoms with van der Waals surface area (Å²) in [7, 11) is 0. The Labute approximate surface area is 303 Å². The fraction of sp³-hybridized carbons (Fsp3) is 0.0638. The maximum Gasteiger partial charge on any atom is 0.164 e. The highest BCUT2D eigenvalue weighted by atomic mass is 16.5. The van der Waals surface area contributed by atoms with Crippen LogP contribution in [-0.2, 0) is 6.61 Å². The number of benzene rings is 6. The number of hydrogen-bond donors (Lipinski definition) is 0. The highest BCUT2D eigenvalue weighted by molar-refractivity contribution is 5.94. The first kappa shape index (κ1) is 31.3. The molecule has 0 atom stereocenters. The van der Waals surface area contributed by atoms with Crippen LogP contribution in [0.15, 0.2) is 158 Å². The third kappa shape index (κ3) is 5.82. The normalized spacial score (nSPS) is 11.7. The van der Waals surface area contributed by atoms with Gasteiger partial charge in [-0.2, -0.15) is 0 Å². The van der Waals surface area contributed by atoms with Crippen molar-refractivity contribution in [2.75, 3.05) is 0 Å². The Morgan fingerprint density at radius 3 is 1.54 bits per heavy atom. The van der Waals surface area contributed by atoms with E-state index in [4.69, 9.17) is 19.7 Å². The molecule has 0 saturated heterocycles. The van der Waals surface area contributed by atoms with Gasteiger partial charge in [0.05, 0.1) is 0 Å². The van der Waals surface area contributed by atoms with Crippen molar-refractivity contribution in [3.8, 4) is 84.4 Å². The van der Waals surface area contributed by atoms with Crippen LogP contribution in [0.1, 0.15) is 17.0 Å². The zero-order chi connectivity index (χ0) is 35.0. The third-order valence-corrected chi connectivity index (χ3v) is 9.71. The van der Waals surface area contributed by atoms with E-state index in [-0.39, 0.29) is 0 Å². The maximum atomic E-state index is 6.64. The highest BCUT2D eigenvalue weighted by Crippen LogP contribution is 2.44. The molecule has 8 aromatic rings. The maximum absolute atomic E-state index is 6.64. The number of rotatable bonds is 4. The predicted octanol–water partition coefficient (Wildman–Crippen LogP) is 11.4. The summed E-state index contributed by atoms with van der Waals surface area (Å²) >= 11 is 0. The molecule has 0 N–H and O–H groups in total. The summed E-state index contributed by atoms with van der Waals surface area (Å²) in [5.41, 5.74) is 14.8. The molecule has 5 nitrogen and oxygen atoms in total. The van der Waals surface area contributed by atoms with Crippen molar-refractivity contribution in [2.45, 2.75) is 20.5 Å². The summed E-state index contributed by atoms with van der Waals surface area (Å²) in [5.74, 6) is 2.62. The van der Waals surface area contributed by atoms with Crippen LogP contribution in [0, 0.1) is 13.8 Å². The number of fused-ring (bicyclic) bond motifs is 7. The second kappa shape index (κ2) is 13.2. The highest BCUT2D eigenvalue weighted by Gasteiger charge is 2.21. The lowest BCUT2D eigenvalue weighted by molar-refractivity contribution is 0.308. The standard InChI is InChI=1S/C47H34N4O/c1-30-20-26-37(31(2)48-30)32-21-23-34(24-22-32)46-49-45(33-12-4-3-5-13-33)50-47(51-46)35-25-27-44-43(28-35)42-19-11-10-18-41(42)40-17-9-8-16-39(40)38-15-7-6-14-36(38)29-52-44/h3-28H,29H2,1-2H3. The largest absolute Gasteiger partial charge is 0.488 e. The monoisotopic (exact) mass is 670 g/mol. The van der Waals surface area contributed by atoms with E-state index in [2.05, 4.69) is 126 Å². The Hall–Kier alpha value is -6.72. The summed E-state index contributed by atoms with van der Waals surface area (Å²) in [5, 5.41) is 0. The van der Waals surface area contributed by atoms with E-state index in [1.807, 2.05) is 50.2 Å². The van der Waals surface area contributed by atoms with Gasteiger partial charge in [-0.05, 0) is 77.1 Å². The van der Waals surface area contributed by atoms with Gasteiger partial charge < -0.3 is 4.74 Å². The minimum absolute atomic E-state index is 0.446. The molecule has 0 unspecified atom stereocenters. The fourth-order valence-corrected chi connectivity index (χ4v) is 7.12. The van der Waals surface area contributed by atoms with Crippen LogP contribution >= 0.6 is 0 Å². The summed E-state index contributed by atoms with van der Waals surface area (Å²) in [4.78, 5) is 19.8. The molecule has 0 amide bonds. The van der Waals surface area contributed by atoms with Gasteiger partial charge >= 0.3 is 0 Å². The molecule has 52 heavy (non-hydrogen) atoms. The molecule has 6 aromatic carbocycles. The number of aromatic nitrogens is 4. The Bertz CT molecular complexity index is 2600. The van der Waals surface area contributed by atoms with Gasteiger partial charge in [-0.25, -0.2) is 15.0 Å². The molecular weight excluding hydrogens is 637 g/mol. The number of pyridine rings is 1. The van der Waals surface area contributed by atoms with Crippen LogP contribution in [0.25, 0.3) is 78.7 Å². The quantitative estimate of drug-likeness (QED) is 0.186. The molecular formula is C47H34N4O. The molecule has 0 radical (unpaired) electrons. The number of aryl methyl sites for hydroxylation is 2. The van der Waals surface area contributed by atoms with Crippen LogP contribution in [0.3, 0.4) is 0 Å². The third-order valence-electron chi connectivity index (χ3n) is 9.71. The molecule has 3 heterocycles. The lowest BCUT2D eigenvalue weighted by atomic mass is 9.87. The molecule has 248 valence electrons. The van der Waals surface area contributed by atoms with E-state index in [0.29, 0.717) is 24.1 Å². The van der Waals surface area contributed by atoms with Crippen molar-refractivity contribution >= 4 is 0 Å². The number of nitrogens with zero attached hydrogens (tertiary/aromatic N) is 4. The SMILES string of the molecule is Cc1ccc(-c2ccc(-c3nc(-c4ccccc4)nc(-c4ccc5c(c4)-c4ccccc4-c4ccccc4-c4ccccc4CO5)n3)cc2)c(C)n1. The van der Waals surface area contributed by atoms with E-state index < -0.39 is 0 Å². The second-order valence-electron chi connectivity index (χ2n) is 13.1. The van der Waals surface area contributed by atoms with E-state index in [1.54, 1.807) is 0 Å². The zero-order valence-electron chi connectivity index (χ0n) is 28.9. The van der Waals surface area contributed by atoms with Crippen LogP contribution in [0.2, 0.25) is 0 Å². The van der Waals surface area contributed by atoms with Gasteiger partial charge in [-0.1, -0.05) is 133 Å². The topological polar surface area (TPSA) is 60.8 Å². The summed E-state index contributed by atoms with van der Waals surface area (Å²) in [6.45, 7) is 4.51. The van der Waals surface area contributed by atoms with Crippen molar-refractivity contribution in [3.63, 3.8) is 0 Å². The molecule has 0 fully saturated rings. The number of ether oxygens (including phenoxy) is 1. The van der Waals surface area contributed by atoms with Crippen molar-refractivity contribution in [1.29, 1.82) is 0 Å². The molecule has 1 aliphatic rings. The summed E-state index contributed by atoms with van der Waals surface area (Å²) < 4.78 is 6.64. The van der Waals surface area contributed by atoms with Gasteiger partial charge in [-0.3, -0.25) is 4.98 Å². The zero-order valence-corrected chi connectivity index (χ0v) is 28.9. The Morgan fingerprint density at radius 2 is 0.885 bits per heavy atom. The van der Waals surface area contributed by atoms with Crippen LogP contribution in [-0.4, -0.2) is 19.9 Å². The van der Waals surface area contributed by atoms with Gasteiger partial charge in [-0.15, -0.1) is 0 Å². The van der Waals surface area contributed by atoms with Crippen LogP contribution in [0.4, 0.5) is 0 Å². The van der Waals surface area contributed by atoms with Gasteiger partial charge in [0.15, 0.2) is 17.5 Å². The molecule has 5 heteroatoms. The Morgan fingerprint density at radius 1 is 0.385 bits per heavy atom. The summed E-state index contributed by atoms with van der Waals surface area (Å²) in [6, 6.07) is 54.6. The number of hydrogen-bond acceptors (Lipinski definition) is 5. The first-order valence-electron chi connectivity index (χ1n) is 17.5. The van der Waals surface area contributed by atoms with E-state index >= 15 is 0 Å². The smallest absolute Gasteiger partial charge is 0.164 e. The van der Waals surface area contributed by atoms with Gasteiger partial charge in [0.1, 0.15) is 12.4 Å². The molecule has 0 saturated carbocycles. The predicted molar refractivity (Wildman–Crippen MR) is 209 cm³/mol. The lowest BCUT2D eigenvalue weighted by Crippen LogP contribution is -2.03. The first-order valence-corrected chi connectivity index (χ1v) is 17.5. The van der Waals surface area contributed by atoms with Crippen molar-refractivity contribution in [2.24, 2.45) is 0 Å². The molecule has 9 rings (SSSR count). The molecule has 0 spiro atoms. The van der Waals surface area contributed by atoms with E-state index in [9.17, 15) is 0 Å². The molecule has 1 aliphatic heterocycles. The van der Waals surface area contributed by atoms with Crippen molar-refractivity contribution < 1.29 is 4.74 Å². The minimum atomic E-state index is 0.446. The van der Waals surface area contributed by atoms with Gasteiger partial charge in [0, 0.05) is 39.2 Å². The molecule has 0 bridgehead atoms. The van der Waals surface area contributed by atoms with Gasteiger partial charge in [0.2, 0.25) is 0 Å². The molecule has 2 aromatic heterocycles. The average molecular weight is 671 g/mol. The van der Waals surface area contributed by atoms with Crippen molar-refractivity contribution in [3.05, 3.63) is 175 Å². The van der Waals surface area contributed by atoms with E-state index in [0.717, 1.165) is 67.2 Å².